The molecule has 0 unspecified atom stereocenters. The number of hydrogen-bond acceptors (Lipinski definition) is 4. The van der Waals surface area contributed by atoms with Crippen molar-refractivity contribution in [2.45, 2.75) is 18.2 Å². The van der Waals surface area contributed by atoms with Crippen LogP contribution < -0.4 is 10.5 Å². The fourth-order valence-corrected chi connectivity index (χ4v) is 3.35. The molecule has 0 spiro atoms. The van der Waals surface area contributed by atoms with Crippen molar-refractivity contribution in [2.75, 3.05) is 20.2 Å². The van der Waals surface area contributed by atoms with Gasteiger partial charge >= 0.3 is 0 Å². The van der Waals surface area contributed by atoms with E-state index in [2.05, 4.69) is 0 Å². The number of rotatable bonds is 7. The Balaban J connectivity index is 3.06. The molecule has 1 rings (SSSR count). The molecule has 0 radical (unpaired) electrons. The summed E-state index contributed by atoms with van der Waals surface area (Å²) in [4.78, 5) is 0.364. The van der Waals surface area contributed by atoms with Crippen LogP contribution in [0, 0.1) is 0 Å². The van der Waals surface area contributed by atoms with Crippen molar-refractivity contribution in [1.29, 1.82) is 0 Å². The average molecular weight is 302 g/mol. The van der Waals surface area contributed by atoms with Gasteiger partial charge in [-0.25, -0.2) is 8.42 Å². The summed E-state index contributed by atoms with van der Waals surface area (Å²) in [6.45, 7) is 2.33. The van der Waals surface area contributed by atoms with E-state index in [0.29, 0.717) is 18.7 Å². The number of thiocarbonyl (C=S) groups is 1. The van der Waals surface area contributed by atoms with Gasteiger partial charge in [-0.15, -0.1) is 0 Å². The Morgan fingerprint density at radius 1 is 1.37 bits per heavy atom. The second-order valence-electron chi connectivity index (χ2n) is 3.98. The third-order valence-corrected chi connectivity index (χ3v) is 4.49. The van der Waals surface area contributed by atoms with Gasteiger partial charge in [0.25, 0.3) is 0 Å². The predicted octanol–water partition coefficient (Wildman–Crippen LogP) is 1.38. The molecule has 7 heteroatoms. The molecule has 0 fully saturated rings. The Morgan fingerprint density at radius 3 is 2.37 bits per heavy atom. The highest BCUT2D eigenvalue weighted by molar-refractivity contribution is 7.89. The first-order valence-corrected chi connectivity index (χ1v) is 7.69. The fourth-order valence-electron chi connectivity index (χ4n) is 1.60. The lowest BCUT2D eigenvalue weighted by Crippen LogP contribution is -2.38. The molecule has 0 bridgehead atoms. The fraction of sp³-hybridized carbons (Fsp3) is 0.417. The van der Waals surface area contributed by atoms with Gasteiger partial charge in [0.1, 0.15) is 5.75 Å². The minimum atomic E-state index is -3.57. The van der Waals surface area contributed by atoms with E-state index in [9.17, 15) is 8.42 Å². The molecule has 0 saturated carbocycles. The zero-order valence-corrected chi connectivity index (χ0v) is 12.6. The smallest absolute Gasteiger partial charge is 0.243 e. The number of nitrogens with two attached hydrogens (primary N) is 1. The molecule has 0 aromatic heterocycles. The van der Waals surface area contributed by atoms with E-state index in [4.69, 9.17) is 22.7 Å². The summed E-state index contributed by atoms with van der Waals surface area (Å²) in [5.41, 5.74) is 5.45. The van der Waals surface area contributed by atoms with E-state index in [1.54, 1.807) is 12.1 Å². The van der Waals surface area contributed by atoms with E-state index in [0.717, 1.165) is 0 Å². The second kappa shape index (κ2) is 6.83. The van der Waals surface area contributed by atoms with Crippen molar-refractivity contribution in [3.8, 4) is 5.75 Å². The maximum absolute atomic E-state index is 12.4. The lowest BCUT2D eigenvalue weighted by atomic mass is 10.3. The van der Waals surface area contributed by atoms with Crippen molar-refractivity contribution >= 4 is 27.2 Å². The third kappa shape index (κ3) is 4.15. The number of hydrogen-bond donors (Lipinski definition) is 1. The molecular formula is C12H18N2O3S2. The first kappa shape index (κ1) is 15.9. The maximum Gasteiger partial charge on any atom is 0.243 e. The summed E-state index contributed by atoms with van der Waals surface area (Å²) < 4.78 is 31.1. The minimum Gasteiger partial charge on any atom is -0.497 e. The van der Waals surface area contributed by atoms with Gasteiger partial charge < -0.3 is 10.5 Å². The zero-order valence-electron chi connectivity index (χ0n) is 11.0. The molecule has 0 aliphatic heterocycles. The molecule has 0 amide bonds. The van der Waals surface area contributed by atoms with Gasteiger partial charge in [-0.2, -0.15) is 4.31 Å². The number of nitrogens with zero attached hydrogens (tertiary/aromatic N) is 1. The molecule has 0 aliphatic rings. The van der Waals surface area contributed by atoms with Crippen molar-refractivity contribution in [1.82, 2.24) is 4.31 Å². The molecule has 0 heterocycles. The number of ether oxygens (including phenoxy) is 1. The van der Waals surface area contributed by atoms with E-state index < -0.39 is 10.0 Å². The lowest BCUT2D eigenvalue weighted by Gasteiger charge is -2.21. The Hall–Kier alpha value is -1.18. The van der Waals surface area contributed by atoms with Crippen LogP contribution in [0.5, 0.6) is 5.75 Å². The molecule has 0 aliphatic carbocycles. The Morgan fingerprint density at radius 2 is 1.95 bits per heavy atom. The molecule has 1 aromatic carbocycles. The largest absolute Gasteiger partial charge is 0.497 e. The summed E-state index contributed by atoms with van der Waals surface area (Å²) in [7, 11) is -2.05. The van der Waals surface area contributed by atoms with Crippen molar-refractivity contribution in [3.05, 3.63) is 24.3 Å². The highest BCUT2D eigenvalue weighted by atomic mass is 32.2. The molecule has 1 aromatic rings. The van der Waals surface area contributed by atoms with Gasteiger partial charge in [-0.3, -0.25) is 0 Å². The maximum atomic E-state index is 12.4. The van der Waals surface area contributed by atoms with E-state index in [-0.39, 0.29) is 16.4 Å². The summed E-state index contributed by atoms with van der Waals surface area (Å²) in [5.74, 6) is 0.607. The molecule has 5 nitrogen and oxygen atoms in total. The Labute approximate surface area is 119 Å². The third-order valence-electron chi connectivity index (χ3n) is 2.50. The number of sulfonamides is 1. The second-order valence-corrected chi connectivity index (χ2v) is 6.44. The standard InChI is InChI=1S/C12H18N2O3S2/c1-3-8-14(9-12(13)18)19(15,16)11-6-4-10(17-2)5-7-11/h4-7H,3,8-9H2,1-2H3,(H2,13,18). The van der Waals surface area contributed by atoms with Crippen LogP contribution in [0.25, 0.3) is 0 Å². The quantitative estimate of drug-likeness (QED) is 0.770. The SMILES string of the molecule is CCCN(CC(N)=S)S(=O)(=O)c1ccc(OC)cc1. The van der Waals surface area contributed by atoms with Crippen molar-refractivity contribution in [3.63, 3.8) is 0 Å². The summed E-state index contributed by atoms with van der Waals surface area (Å²) >= 11 is 4.80. The van der Waals surface area contributed by atoms with Crippen LogP contribution in [0.2, 0.25) is 0 Å². The van der Waals surface area contributed by atoms with E-state index in [1.807, 2.05) is 6.92 Å². The van der Waals surface area contributed by atoms with Gasteiger partial charge in [0.2, 0.25) is 10.0 Å². The van der Waals surface area contributed by atoms with Crippen LogP contribution in [0.1, 0.15) is 13.3 Å². The van der Waals surface area contributed by atoms with Gasteiger partial charge in [-0.1, -0.05) is 19.1 Å². The predicted molar refractivity (Wildman–Crippen MR) is 78.8 cm³/mol. The van der Waals surface area contributed by atoms with Crippen LogP contribution in [-0.2, 0) is 10.0 Å². The lowest BCUT2D eigenvalue weighted by molar-refractivity contribution is 0.414. The molecule has 0 saturated heterocycles. The van der Waals surface area contributed by atoms with Crippen LogP contribution in [-0.4, -0.2) is 37.9 Å². The van der Waals surface area contributed by atoms with Gasteiger partial charge in [0.15, 0.2) is 0 Å². The number of benzene rings is 1. The summed E-state index contributed by atoms with van der Waals surface area (Å²) in [6.07, 6.45) is 0.692. The highest BCUT2D eigenvalue weighted by Gasteiger charge is 2.24. The van der Waals surface area contributed by atoms with Gasteiger partial charge in [0.05, 0.1) is 23.5 Å². The molecular weight excluding hydrogens is 284 g/mol. The summed E-state index contributed by atoms with van der Waals surface area (Å²) in [6, 6.07) is 6.24. The topological polar surface area (TPSA) is 72.6 Å². The van der Waals surface area contributed by atoms with Crippen molar-refractivity contribution in [2.24, 2.45) is 5.73 Å². The molecule has 2 N–H and O–H groups in total. The first-order chi connectivity index (χ1) is 8.91. The minimum absolute atomic E-state index is 0.0531. The molecule has 19 heavy (non-hydrogen) atoms. The Bertz CT molecular complexity index is 526. The first-order valence-electron chi connectivity index (χ1n) is 5.84. The van der Waals surface area contributed by atoms with Crippen LogP contribution in [0.3, 0.4) is 0 Å². The molecule has 0 atom stereocenters. The monoisotopic (exact) mass is 302 g/mol. The van der Waals surface area contributed by atoms with Crippen LogP contribution in [0.15, 0.2) is 29.2 Å². The van der Waals surface area contributed by atoms with E-state index in [1.165, 1.54) is 23.5 Å². The van der Waals surface area contributed by atoms with Crippen LogP contribution in [0.4, 0.5) is 0 Å². The summed E-state index contributed by atoms with van der Waals surface area (Å²) in [5, 5.41) is 0. The van der Waals surface area contributed by atoms with Gasteiger partial charge in [-0.05, 0) is 30.7 Å². The number of methoxy groups -OCH3 is 1. The average Bonchev–Trinajstić information content (AvgIpc) is 2.38. The van der Waals surface area contributed by atoms with E-state index >= 15 is 0 Å². The zero-order chi connectivity index (χ0) is 14.5. The van der Waals surface area contributed by atoms with Crippen molar-refractivity contribution < 1.29 is 13.2 Å². The normalized spacial score (nSPS) is 11.5. The van der Waals surface area contributed by atoms with Gasteiger partial charge in [0, 0.05) is 6.54 Å². The highest BCUT2D eigenvalue weighted by Crippen LogP contribution is 2.19. The Kier molecular flexibility index (Phi) is 5.71. The molecule has 106 valence electrons. The van der Waals surface area contributed by atoms with Crippen LogP contribution >= 0.6 is 12.2 Å².